The number of hydrogen-bond donors (Lipinski definition) is 0. The summed E-state index contributed by atoms with van der Waals surface area (Å²) in [7, 11) is 1.13. The topological polar surface area (TPSA) is 111 Å². The minimum Gasteiger partial charge on any atom is -0.756 e. The molecule has 0 saturated carbocycles. The van der Waals surface area contributed by atoms with Crippen molar-refractivity contribution in [2.75, 3.05) is 47.5 Å². The molecule has 0 amide bonds. The van der Waals surface area contributed by atoms with E-state index in [9.17, 15) is 19.0 Å². The minimum absolute atomic E-state index is 0.0445. The molecule has 0 N–H and O–H groups in total. The highest BCUT2D eigenvalue weighted by atomic mass is 31.2. The van der Waals surface area contributed by atoms with Crippen LogP contribution in [0.5, 0.6) is 0 Å². The Bertz CT molecular complexity index is 2340. The molecule has 0 aliphatic heterocycles. The Morgan fingerprint density at radius 3 is 0.851 bits per heavy atom. The quantitative estimate of drug-likeness (QED) is 0.0195. The Hall–Kier alpha value is -5.41. The van der Waals surface area contributed by atoms with E-state index >= 15 is 0 Å². The van der Waals surface area contributed by atoms with Crippen molar-refractivity contribution < 1.29 is 42.1 Å². The Kier molecular flexibility index (Phi) is 67.7. The third-order valence-electron chi connectivity index (χ3n) is 14.8. The number of quaternary nitrogens is 1. The molecule has 0 fully saturated rings. The van der Waals surface area contributed by atoms with Gasteiger partial charge in [-0.2, -0.15) is 0 Å². The van der Waals surface area contributed by atoms with Crippen LogP contribution in [0.2, 0.25) is 0 Å². The average molecular weight is 1320 g/mol. The molecule has 0 bridgehead atoms. The molecule has 0 rings (SSSR count). The van der Waals surface area contributed by atoms with Crippen molar-refractivity contribution in [1.29, 1.82) is 0 Å². The van der Waals surface area contributed by atoms with Crippen LogP contribution >= 0.6 is 7.82 Å². The first-order chi connectivity index (χ1) is 46.0. The van der Waals surface area contributed by atoms with Crippen LogP contribution in [0.1, 0.15) is 258 Å². The van der Waals surface area contributed by atoms with Crippen molar-refractivity contribution in [2.24, 2.45) is 0 Å². The number of rotatable bonds is 65. The van der Waals surface area contributed by atoms with Gasteiger partial charge in [0, 0.05) is 12.8 Å². The van der Waals surface area contributed by atoms with E-state index in [1.165, 1.54) is 57.8 Å². The van der Waals surface area contributed by atoms with Crippen molar-refractivity contribution in [3.63, 3.8) is 0 Å². The number of esters is 2. The highest BCUT2D eigenvalue weighted by Gasteiger charge is 2.22. The number of likely N-dealkylation sites (N-methyl/N-ethyl adjacent to an activating group) is 1. The lowest BCUT2D eigenvalue weighted by Gasteiger charge is -2.28. The Labute approximate surface area is 576 Å². The van der Waals surface area contributed by atoms with Crippen LogP contribution in [-0.2, 0) is 32.7 Å². The number of unbranched alkanes of at least 4 members (excludes halogenated alkanes) is 17. The summed E-state index contributed by atoms with van der Waals surface area (Å²) < 4.78 is 34.3. The average Bonchev–Trinajstić information content (AvgIpc) is 1.57. The summed E-state index contributed by atoms with van der Waals surface area (Å²) in [6, 6.07) is 0. The normalized spacial score (nSPS) is 14.3. The zero-order valence-electron chi connectivity index (χ0n) is 60.1. The van der Waals surface area contributed by atoms with Gasteiger partial charge in [-0.05, 0) is 148 Å². The molecule has 0 saturated heterocycles. The van der Waals surface area contributed by atoms with Crippen molar-refractivity contribution in [1.82, 2.24) is 0 Å². The van der Waals surface area contributed by atoms with Gasteiger partial charge in [-0.1, -0.05) is 304 Å². The second kappa shape index (κ2) is 71.9. The van der Waals surface area contributed by atoms with E-state index in [4.69, 9.17) is 18.5 Å². The van der Waals surface area contributed by atoms with Gasteiger partial charge in [-0.15, -0.1) is 0 Å². The first-order valence-electron chi connectivity index (χ1n) is 36.8. The molecule has 9 nitrogen and oxygen atoms in total. The smallest absolute Gasteiger partial charge is 0.306 e. The number of nitrogens with zero attached hydrogens (tertiary/aromatic N) is 1. The molecule has 0 spiro atoms. The van der Waals surface area contributed by atoms with E-state index in [2.05, 4.69) is 220 Å². The van der Waals surface area contributed by atoms with Crippen molar-refractivity contribution in [3.05, 3.63) is 207 Å². The number of carbonyl (C=O) groups excluding carboxylic acids is 2. The maximum atomic E-state index is 12.9. The van der Waals surface area contributed by atoms with Gasteiger partial charge in [-0.25, -0.2) is 0 Å². The fraction of sp³-hybridized carbons (Fsp3) is 0.571. The summed E-state index contributed by atoms with van der Waals surface area (Å²) in [4.78, 5) is 38.1. The molecule has 0 heterocycles. The molecule has 0 radical (unpaired) electrons. The SMILES string of the molecule is CC/C=C\C/C=C\C/C=C\C/C=C\C/C=C\C/C=C\C/C=C\C/C=C\C/C=C\C/C=C\CCCCCCCCCCCCC(=O)OC(COC(=O)CCCCCCCCC/C=C\C/C=C\C/C=C\C/C=C\C/C=C\C/C=C\C/C=C\CC)COP(=O)([O-])OCC[N+](C)(C)C. The molecule has 10 heteroatoms. The van der Waals surface area contributed by atoms with Crippen LogP contribution in [0.4, 0.5) is 0 Å². The standard InChI is InChI=1S/C84H134NO8P/c1-6-8-10-12-14-16-18-20-22-24-26-28-30-32-34-36-37-38-39-40-41-42-43-44-45-46-47-49-51-53-55-57-59-61-63-65-67-69-71-73-75-77-84(87)93-82(81-92-94(88,89)91-79-78-85(3,4)5)80-90-83(86)76-74-72-70-68-66-64-62-60-58-56-54-52-50-48-35-33-31-29-27-25-23-21-19-17-15-13-11-9-7-2/h8-11,14-17,20-23,26-29,32-35,37-38,40-41,43-44,46-47,50-53,56,58,82H,6-7,12-13,18-19,24-25,30-31,36,39,42,45,48-49,54-55,57,59-81H2,1-5H3/b10-8-,11-9-,16-14-,17-15-,22-20-,23-21-,28-26-,29-27-,34-32-,35-33-,38-37-,41-40-,44-43-,47-46-,52-50-,53-51-,58-56-. The van der Waals surface area contributed by atoms with Crippen molar-refractivity contribution >= 4 is 19.8 Å². The third kappa shape index (κ3) is 75.6. The molecular formula is C84H134NO8P. The molecule has 0 aliphatic rings. The highest BCUT2D eigenvalue weighted by Crippen LogP contribution is 2.38. The number of allylic oxidation sites excluding steroid dienone is 34. The van der Waals surface area contributed by atoms with Crippen LogP contribution in [0.25, 0.3) is 0 Å². The lowest BCUT2D eigenvalue weighted by atomic mass is 10.0. The van der Waals surface area contributed by atoms with E-state index in [0.717, 1.165) is 161 Å². The predicted molar refractivity (Wildman–Crippen MR) is 405 cm³/mol. The van der Waals surface area contributed by atoms with E-state index in [0.29, 0.717) is 23.9 Å². The van der Waals surface area contributed by atoms with Gasteiger partial charge in [0.1, 0.15) is 19.8 Å². The largest absolute Gasteiger partial charge is 0.756 e. The molecule has 528 valence electrons. The van der Waals surface area contributed by atoms with Crippen LogP contribution < -0.4 is 4.89 Å². The number of hydrogen-bond acceptors (Lipinski definition) is 8. The molecule has 94 heavy (non-hydrogen) atoms. The zero-order chi connectivity index (χ0) is 68.3. The Morgan fingerprint density at radius 2 is 0.574 bits per heavy atom. The van der Waals surface area contributed by atoms with Gasteiger partial charge in [-0.3, -0.25) is 14.2 Å². The summed E-state index contributed by atoms with van der Waals surface area (Å²) in [5.74, 6) is -0.864. The van der Waals surface area contributed by atoms with Gasteiger partial charge in [0.15, 0.2) is 6.10 Å². The molecule has 0 aliphatic carbocycles. The second-order valence-corrected chi connectivity index (χ2v) is 26.2. The molecular weight excluding hydrogens is 1180 g/mol. The maximum absolute atomic E-state index is 12.9. The molecule has 2 unspecified atom stereocenters. The number of phosphoric ester groups is 1. The first kappa shape index (κ1) is 88.6. The highest BCUT2D eigenvalue weighted by molar-refractivity contribution is 7.45. The maximum Gasteiger partial charge on any atom is 0.306 e. The van der Waals surface area contributed by atoms with Gasteiger partial charge in [0.25, 0.3) is 7.82 Å². The van der Waals surface area contributed by atoms with Gasteiger partial charge in [0.05, 0.1) is 27.7 Å². The monoisotopic (exact) mass is 1320 g/mol. The van der Waals surface area contributed by atoms with Crippen LogP contribution in [0, 0.1) is 0 Å². The van der Waals surface area contributed by atoms with Crippen molar-refractivity contribution in [3.8, 4) is 0 Å². The van der Waals surface area contributed by atoms with E-state index in [-0.39, 0.29) is 26.1 Å². The summed E-state index contributed by atoms with van der Waals surface area (Å²) >= 11 is 0. The number of phosphoric acid groups is 1. The Balaban J connectivity index is 4.14. The minimum atomic E-state index is -4.66. The van der Waals surface area contributed by atoms with Crippen LogP contribution in [0.15, 0.2) is 207 Å². The van der Waals surface area contributed by atoms with Crippen LogP contribution in [0.3, 0.4) is 0 Å². The first-order valence-corrected chi connectivity index (χ1v) is 38.3. The van der Waals surface area contributed by atoms with E-state index in [1.54, 1.807) is 0 Å². The molecule has 0 aromatic heterocycles. The van der Waals surface area contributed by atoms with Gasteiger partial charge in [0.2, 0.25) is 0 Å². The lowest BCUT2D eigenvalue weighted by Crippen LogP contribution is -2.37. The summed E-state index contributed by atoms with van der Waals surface area (Å²) in [6.07, 6.45) is 113. The summed E-state index contributed by atoms with van der Waals surface area (Å²) in [5.41, 5.74) is 0. The lowest BCUT2D eigenvalue weighted by molar-refractivity contribution is -0.870. The van der Waals surface area contributed by atoms with E-state index in [1.807, 2.05) is 21.1 Å². The summed E-state index contributed by atoms with van der Waals surface area (Å²) in [6.45, 7) is 3.97. The van der Waals surface area contributed by atoms with Crippen LogP contribution in [-0.4, -0.2) is 70.0 Å². The number of carbonyl (C=O) groups is 2. The second-order valence-electron chi connectivity index (χ2n) is 24.8. The van der Waals surface area contributed by atoms with Gasteiger partial charge >= 0.3 is 11.9 Å². The fourth-order valence-electron chi connectivity index (χ4n) is 9.25. The fourth-order valence-corrected chi connectivity index (χ4v) is 9.98. The Morgan fingerprint density at radius 1 is 0.330 bits per heavy atom. The predicted octanol–water partition coefficient (Wildman–Crippen LogP) is 24.0. The van der Waals surface area contributed by atoms with Gasteiger partial charge < -0.3 is 27.9 Å². The molecule has 2 atom stereocenters. The van der Waals surface area contributed by atoms with Crippen molar-refractivity contribution in [2.45, 2.75) is 264 Å². The molecule has 0 aromatic rings. The molecule has 0 aromatic carbocycles. The third-order valence-corrected chi connectivity index (χ3v) is 15.8. The zero-order valence-corrected chi connectivity index (χ0v) is 61.0. The number of ether oxygens (including phenoxy) is 2. The van der Waals surface area contributed by atoms with E-state index < -0.39 is 32.5 Å². The summed E-state index contributed by atoms with van der Waals surface area (Å²) in [5, 5.41) is 0.